The van der Waals surface area contributed by atoms with Gasteiger partial charge in [0.2, 0.25) is 0 Å². The third-order valence-corrected chi connectivity index (χ3v) is 2.75. The molecule has 0 bridgehead atoms. The Morgan fingerprint density at radius 2 is 2.19 bits per heavy atom. The minimum atomic E-state index is -0.808. The molecule has 4 N–H and O–H groups in total. The number of hydrogen-bond acceptors (Lipinski definition) is 2. The van der Waals surface area contributed by atoms with E-state index in [1.807, 2.05) is 31.2 Å². The van der Waals surface area contributed by atoms with Gasteiger partial charge in [-0.25, -0.2) is 0 Å². The fourth-order valence-corrected chi connectivity index (χ4v) is 2.08. The molecule has 4 nitrogen and oxygen atoms in total. The number of nitrogen functional groups attached to an aromatic ring is 1. The van der Waals surface area contributed by atoms with Gasteiger partial charge in [-0.2, -0.15) is 0 Å². The van der Waals surface area contributed by atoms with Crippen LogP contribution in [0.15, 0.2) is 24.3 Å². The second kappa shape index (κ2) is 3.89. The lowest BCUT2D eigenvalue weighted by molar-refractivity contribution is -0.137. The van der Waals surface area contributed by atoms with Crippen LogP contribution in [0.5, 0.6) is 0 Å². The SMILES string of the molecule is CC(CC(=O)O)c1c(N)[nH]c2ccccc12. The monoisotopic (exact) mass is 218 g/mol. The number of nitrogens with one attached hydrogen (secondary N) is 1. The summed E-state index contributed by atoms with van der Waals surface area (Å²) in [6.07, 6.45) is 0.0893. The molecular weight excluding hydrogens is 204 g/mol. The van der Waals surface area contributed by atoms with E-state index in [9.17, 15) is 4.79 Å². The van der Waals surface area contributed by atoms with Crippen molar-refractivity contribution in [3.05, 3.63) is 29.8 Å². The van der Waals surface area contributed by atoms with E-state index >= 15 is 0 Å². The van der Waals surface area contributed by atoms with E-state index < -0.39 is 5.97 Å². The number of para-hydroxylation sites is 1. The van der Waals surface area contributed by atoms with Gasteiger partial charge < -0.3 is 15.8 Å². The number of carbonyl (C=O) groups is 1. The first-order valence-corrected chi connectivity index (χ1v) is 5.17. The highest BCUT2D eigenvalue weighted by Gasteiger charge is 2.17. The van der Waals surface area contributed by atoms with E-state index in [4.69, 9.17) is 10.8 Å². The van der Waals surface area contributed by atoms with E-state index in [2.05, 4.69) is 4.98 Å². The lowest BCUT2D eigenvalue weighted by Gasteiger charge is -2.08. The van der Waals surface area contributed by atoms with Crippen molar-refractivity contribution in [2.24, 2.45) is 0 Å². The van der Waals surface area contributed by atoms with Crippen LogP contribution >= 0.6 is 0 Å². The lowest BCUT2D eigenvalue weighted by Crippen LogP contribution is -2.04. The highest BCUT2D eigenvalue weighted by molar-refractivity contribution is 5.89. The summed E-state index contributed by atoms with van der Waals surface area (Å²) < 4.78 is 0. The van der Waals surface area contributed by atoms with Crippen molar-refractivity contribution in [1.29, 1.82) is 0 Å². The molecule has 0 aliphatic heterocycles. The Hall–Kier alpha value is -1.97. The van der Waals surface area contributed by atoms with Crippen molar-refractivity contribution in [3.63, 3.8) is 0 Å². The van der Waals surface area contributed by atoms with Gasteiger partial charge in [-0.1, -0.05) is 25.1 Å². The van der Waals surface area contributed by atoms with Gasteiger partial charge in [-0.15, -0.1) is 0 Å². The summed E-state index contributed by atoms with van der Waals surface area (Å²) in [6, 6.07) is 7.73. The van der Waals surface area contributed by atoms with Crippen molar-refractivity contribution in [1.82, 2.24) is 4.98 Å². The summed E-state index contributed by atoms with van der Waals surface area (Å²) in [5.74, 6) is -0.333. The van der Waals surface area contributed by atoms with Crippen molar-refractivity contribution >= 4 is 22.7 Å². The van der Waals surface area contributed by atoms with Crippen LogP contribution in [-0.2, 0) is 4.79 Å². The molecule has 1 unspecified atom stereocenters. The van der Waals surface area contributed by atoms with E-state index in [-0.39, 0.29) is 12.3 Å². The maximum atomic E-state index is 10.7. The van der Waals surface area contributed by atoms with Crippen LogP contribution in [0, 0.1) is 0 Å². The molecule has 0 amide bonds. The fraction of sp³-hybridized carbons (Fsp3) is 0.250. The minimum absolute atomic E-state index is 0.0892. The van der Waals surface area contributed by atoms with Crippen LogP contribution in [-0.4, -0.2) is 16.1 Å². The standard InChI is InChI=1S/C12H14N2O2/c1-7(6-10(15)16)11-8-4-2-3-5-9(8)14-12(11)13/h2-5,7,14H,6,13H2,1H3,(H,15,16). The molecule has 84 valence electrons. The van der Waals surface area contributed by atoms with Gasteiger partial charge in [-0.05, 0) is 12.0 Å². The Kier molecular flexibility index (Phi) is 2.56. The molecule has 1 atom stereocenters. The van der Waals surface area contributed by atoms with E-state index in [1.54, 1.807) is 0 Å². The minimum Gasteiger partial charge on any atom is -0.481 e. The predicted molar refractivity (Wildman–Crippen MR) is 63.4 cm³/mol. The van der Waals surface area contributed by atoms with Crippen molar-refractivity contribution in [2.45, 2.75) is 19.3 Å². The highest BCUT2D eigenvalue weighted by atomic mass is 16.4. The Labute approximate surface area is 93.1 Å². The molecule has 0 saturated heterocycles. The number of rotatable bonds is 3. The number of fused-ring (bicyclic) bond motifs is 1. The van der Waals surface area contributed by atoms with Crippen molar-refractivity contribution < 1.29 is 9.90 Å². The van der Waals surface area contributed by atoms with Gasteiger partial charge in [0.25, 0.3) is 0 Å². The van der Waals surface area contributed by atoms with E-state index in [0.717, 1.165) is 16.5 Å². The van der Waals surface area contributed by atoms with Gasteiger partial charge in [0, 0.05) is 16.5 Å². The molecule has 0 radical (unpaired) electrons. The lowest BCUT2D eigenvalue weighted by atomic mass is 9.96. The zero-order valence-corrected chi connectivity index (χ0v) is 9.03. The predicted octanol–water partition coefficient (Wildman–Crippen LogP) is 2.33. The molecule has 1 aromatic carbocycles. The van der Waals surface area contributed by atoms with Crippen LogP contribution in [0.25, 0.3) is 10.9 Å². The Morgan fingerprint density at radius 1 is 1.50 bits per heavy atom. The molecule has 0 aliphatic rings. The first-order chi connectivity index (χ1) is 7.59. The Balaban J connectivity index is 2.50. The molecule has 1 heterocycles. The summed E-state index contributed by atoms with van der Waals surface area (Å²) in [6.45, 7) is 1.88. The number of aromatic amines is 1. The van der Waals surface area contributed by atoms with Crippen LogP contribution in [0.1, 0.15) is 24.8 Å². The van der Waals surface area contributed by atoms with Gasteiger partial charge in [0.15, 0.2) is 0 Å². The molecule has 2 aromatic rings. The van der Waals surface area contributed by atoms with Crippen LogP contribution in [0.4, 0.5) is 5.82 Å². The largest absolute Gasteiger partial charge is 0.481 e. The van der Waals surface area contributed by atoms with Crippen LogP contribution in [0.3, 0.4) is 0 Å². The molecule has 0 aliphatic carbocycles. The smallest absolute Gasteiger partial charge is 0.303 e. The average molecular weight is 218 g/mol. The summed E-state index contributed by atoms with van der Waals surface area (Å²) in [7, 11) is 0. The molecular formula is C12H14N2O2. The molecule has 1 aromatic heterocycles. The topological polar surface area (TPSA) is 79.1 Å². The highest BCUT2D eigenvalue weighted by Crippen LogP contribution is 2.32. The van der Waals surface area contributed by atoms with E-state index in [0.29, 0.717) is 5.82 Å². The maximum absolute atomic E-state index is 10.7. The first kappa shape index (κ1) is 10.5. The second-order valence-corrected chi connectivity index (χ2v) is 4.00. The zero-order valence-electron chi connectivity index (χ0n) is 9.03. The fourth-order valence-electron chi connectivity index (χ4n) is 2.08. The van der Waals surface area contributed by atoms with E-state index in [1.165, 1.54) is 0 Å². The molecule has 0 fully saturated rings. The van der Waals surface area contributed by atoms with Crippen molar-refractivity contribution in [3.8, 4) is 0 Å². The average Bonchev–Trinajstić information content (AvgIpc) is 2.52. The first-order valence-electron chi connectivity index (χ1n) is 5.17. The number of carboxylic acids is 1. The Morgan fingerprint density at radius 3 is 2.88 bits per heavy atom. The third kappa shape index (κ3) is 1.74. The number of aliphatic carboxylic acids is 1. The number of benzene rings is 1. The van der Waals surface area contributed by atoms with Crippen molar-refractivity contribution in [2.75, 3.05) is 5.73 Å². The second-order valence-electron chi connectivity index (χ2n) is 4.00. The molecule has 0 saturated carbocycles. The van der Waals surface area contributed by atoms with Gasteiger partial charge in [0.1, 0.15) is 5.82 Å². The van der Waals surface area contributed by atoms with Gasteiger partial charge >= 0.3 is 5.97 Å². The summed E-state index contributed by atoms with van der Waals surface area (Å²) in [5, 5.41) is 9.80. The van der Waals surface area contributed by atoms with Gasteiger partial charge in [-0.3, -0.25) is 4.79 Å². The van der Waals surface area contributed by atoms with Crippen LogP contribution in [0.2, 0.25) is 0 Å². The molecule has 0 spiro atoms. The maximum Gasteiger partial charge on any atom is 0.303 e. The molecule has 16 heavy (non-hydrogen) atoms. The third-order valence-electron chi connectivity index (χ3n) is 2.75. The number of aromatic nitrogens is 1. The Bertz CT molecular complexity index is 531. The number of carboxylic acid groups (broad SMARTS) is 1. The molecule has 4 heteroatoms. The van der Waals surface area contributed by atoms with Gasteiger partial charge in [0.05, 0.1) is 6.42 Å². The number of H-pyrrole nitrogens is 1. The number of nitrogens with two attached hydrogens (primary N) is 1. The van der Waals surface area contributed by atoms with Crippen LogP contribution < -0.4 is 5.73 Å². The normalized spacial score (nSPS) is 12.8. The summed E-state index contributed by atoms with van der Waals surface area (Å²) in [5.41, 5.74) is 7.73. The number of hydrogen-bond donors (Lipinski definition) is 3. The summed E-state index contributed by atoms with van der Waals surface area (Å²) >= 11 is 0. The zero-order chi connectivity index (χ0) is 11.7. The number of anilines is 1. The molecule has 2 rings (SSSR count). The summed E-state index contributed by atoms with van der Waals surface area (Å²) in [4.78, 5) is 13.8. The quantitative estimate of drug-likeness (QED) is 0.739.